The SMILES string of the molecule is CC1CN(C(=O)c2ccc(CSc3ccc(Cl)cc3)cc2)CCO1. The molecule has 24 heavy (non-hydrogen) atoms. The Kier molecular flexibility index (Phi) is 5.82. The lowest BCUT2D eigenvalue weighted by Gasteiger charge is -2.31. The Hall–Kier alpha value is -1.49. The van der Waals surface area contributed by atoms with Gasteiger partial charge in [-0.05, 0) is 48.9 Å². The maximum atomic E-state index is 12.5. The molecule has 5 heteroatoms. The molecular weight excluding hydrogens is 342 g/mol. The lowest BCUT2D eigenvalue weighted by Crippen LogP contribution is -2.44. The molecule has 1 saturated heterocycles. The molecule has 1 atom stereocenters. The zero-order valence-corrected chi connectivity index (χ0v) is 15.1. The van der Waals surface area contributed by atoms with E-state index in [0.29, 0.717) is 19.7 Å². The second-order valence-electron chi connectivity index (χ2n) is 5.87. The fourth-order valence-corrected chi connectivity index (χ4v) is 3.61. The van der Waals surface area contributed by atoms with Gasteiger partial charge in [0.05, 0.1) is 12.7 Å². The van der Waals surface area contributed by atoms with E-state index >= 15 is 0 Å². The van der Waals surface area contributed by atoms with Crippen molar-refractivity contribution in [3.05, 3.63) is 64.7 Å². The van der Waals surface area contributed by atoms with Gasteiger partial charge in [-0.15, -0.1) is 11.8 Å². The second-order valence-corrected chi connectivity index (χ2v) is 7.36. The van der Waals surface area contributed by atoms with Gasteiger partial charge in [-0.2, -0.15) is 0 Å². The third kappa shape index (κ3) is 4.53. The number of rotatable bonds is 4. The van der Waals surface area contributed by atoms with Crippen molar-refractivity contribution >= 4 is 29.3 Å². The predicted molar refractivity (Wildman–Crippen MR) is 98.8 cm³/mol. The summed E-state index contributed by atoms with van der Waals surface area (Å²) in [7, 11) is 0. The van der Waals surface area contributed by atoms with Crippen molar-refractivity contribution in [1.82, 2.24) is 4.90 Å². The summed E-state index contributed by atoms with van der Waals surface area (Å²) in [6.07, 6.45) is 0.109. The third-order valence-corrected chi connectivity index (χ3v) is 5.28. The van der Waals surface area contributed by atoms with Gasteiger partial charge in [0.2, 0.25) is 0 Å². The molecule has 0 aromatic heterocycles. The average molecular weight is 362 g/mol. The van der Waals surface area contributed by atoms with Crippen molar-refractivity contribution in [1.29, 1.82) is 0 Å². The number of benzene rings is 2. The molecule has 0 aliphatic carbocycles. The number of amides is 1. The van der Waals surface area contributed by atoms with Crippen LogP contribution in [0.1, 0.15) is 22.8 Å². The highest BCUT2D eigenvalue weighted by Gasteiger charge is 2.22. The van der Waals surface area contributed by atoms with E-state index in [9.17, 15) is 4.79 Å². The molecule has 0 saturated carbocycles. The molecule has 1 amide bonds. The van der Waals surface area contributed by atoms with Crippen LogP contribution in [0.25, 0.3) is 0 Å². The van der Waals surface area contributed by atoms with Crippen molar-refractivity contribution in [3.8, 4) is 0 Å². The van der Waals surface area contributed by atoms with Crippen molar-refractivity contribution in [2.24, 2.45) is 0 Å². The van der Waals surface area contributed by atoms with Crippen LogP contribution in [0.3, 0.4) is 0 Å². The zero-order chi connectivity index (χ0) is 16.9. The summed E-state index contributed by atoms with van der Waals surface area (Å²) >= 11 is 7.65. The van der Waals surface area contributed by atoms with Gasteiger partial charge in [0, 0.05) is 34.3 Å². The lowest BCUT2D eigenvalue weighted by atomic mass is 10.1. The Labute approximate surface area is 151 Å². The second kappa shape index (κ2) is 8.06. The van der Waals surface area contributed by atoms with Gasteiger partial charge in [0.1, 0.15) is 0 Å². The first-order valence-electron chi connectivity index (χ1n) is 8.00. The van der Waals surface area contributed by atoms with Crippen LogP contribution in [0.2, 0.25) is 5.02 Å². The van der Waals surface area contributed by atoms with Gasteiger partial charge < -0.3 is 9.64 Å². The molecule has 0 radical (unpaired) electrons. The Balaban J connectivity index is 1.58. The topological polar surface area (TPSA) is 29.5 Å². The standard InChI is InChI=1S/C19H20ClNO2S/c1-14-12-21(10-11-23-14)19(22)16-4-2-15(3-5-16)13-24-18-8-6-17(20)7-9-18/h2-9,14H,10-13H2,1H3. The molecule has 1 fully saturated rings. The average Bonchev–Trinajstić information content (AvgIpc) is 2.61. The number of carbonyl (C=O) groups is 1. The monoisotopic (exact) mass is 361 g/mol. The fraction of sp³-hybridized carbons (Fsp3) is 0.316. The minimum atomic E-state index is 0.0852. The van der Waals surface area contributed by atoms with E-state index in [-0.39, 0.29) is 12.0 Å². The maximum Gasteiger partial charge on any atom is 0.254 e. The highest BCUT2D eigenvalue weighted by Crippen LogP contribution is 2.24. The first-order chi connectivity index (χ1) is 11.6. The van der Waals surface area contributed by atoms with E-state index in [2.05, 4.69) is 0 Å². The zero-order valence-electron chi connectivity index (χ0n) is 13.6. The van der Waals surface area contributed by atoms with Crippen LogP contribution in [0.5, 0.6) is 0 Å². The number of halogens is 1. The number of thioether (sulfide) groups is 1. The highest BCUT2D eigenvalue weighted by molar-refractivity contribution is 7.98. The Morgan fingerprint density at radius 2 is 1.92 bits per heavy atom. The summed E-state index contributed by atoms with van der Waals surface area (Å²) in [5.74, 6) is 0.951. The van der Waals surface area contributed by atoms with E-state index in [1.807, 2.05) is 60.4 Å². The van der Waals surface area contributed by atoms with E-state index in [0.717, 1.165) is 16.3 Å². The Bertz CT molecular complexity index is 688. The van der Waals surface area contributed by atoms with Crippen LogP contribution in [-0.2, 0) is 10.5 Å². The Morgan fingerprint density at radius 3 is 2.58 bits per heavy atom. The summed E-state index contributed by atoms with van der Waals surface area (Å²) in [5, 5.41) is 0.750. The van der Waals surface area contributed by atoms with Crippen LogP contribution >= 0.6 is 23.4 Å². The summed E-state index contributed by atoms with van der Waals surface area (Å²) in [4.78, 5) is 15.6. The molecule has 2 aromatic carbocycles. The smallest absolute Gasteiger partial charge is 0.254 e. The molecule has 0 spiro atoms. The summed E-state index contributed by atoms with van der Waals surface area (Å²) in [5.41, 5.74) is 1.94. The summed E-state index contributed by atoms with van der Waals surface area (Å²) in [6.45, 7) is 3.93. The first-order valence-corrected chi connectivity index (χ1v) is 9.36. The van der Waals surface area contributed by atoms with E-state index in [1.165, 1.54) is 10.5 Å². The van der Waals surface area contributed by atoms with Crippen LogP contribution in [-0.4, -0.2) is 36.6 Å². The molecule has 0 N–H and O–H groups in total. The number of ether oxygens (including phenoxy) is 1. The van der Waals surface area contributed by atoms with Gasteiger partial charge in [-0.25, -0.2) is 0 Å². The minimum Gasteiger partial charge on any atom is -0.375 e. The highest BCUT2D eigenvalue weighted by atomic mass is 35.5. The normalized spacial score (nSPS) is 17.8. The largest absolute Gasteiger partial charge is 0.375 e. The maximum absolute atomic E-state index is 12.5. The Morgan fingerprint density at radius 1 is 1.21 bits per heavy atom. The van der Waals surface area contributed by atoms with Crippen LogP contribution < -0.4 is 0 Å². The predicted octanol–water partition coefficient (Wildman–Crippen LogP) is 4.49. The van der Waals surface area contributed by atoms with Crippen LogP contribution in [0, 0.1) is 0 Å². The molecule has 3 rings (SSSR count). The molecule has 3 nitrogen and oxygen atoms in total. The summed E-state index contributed by atoms with van der Waals surface area (Å²) in [6, 6.07) is 15.7. The van der Waals surface area contributed by atoms with Crippen LogP contribution in [0.4, 0.5) is 0 Å². The lowest BCUT2D eigenvalue weighted by molar-refractivity contribution is -0.0124. The van der Waals surface area contributed by atoms with Crippen molar-refractivity contribution < 1.29 is 9.53 Å². The number of morpholine rings is 1. The van der Waals surface area contributed by atoms with Gasteiger partial charge in [0.25, 0.3) is 5.91 Å². The van der Waals surface area contributed by atoms with Gasteiger partial charge in [-0.1, -0.05) is 23.7 Å². The molecule has 1 aliphatic rings. The molecule has 1 heterocycles. The molecule has 126 valence electrons. The molecule has 1 aliphatic heterocycles. The summed E-state index contributed by atoms with van der Waals surface area (Å²) < 4.78 is 5.49. The molecule has 0 bridgehead atoms. The third-order valence-electron chi connectivity index (χ3n) is 3.95. The van der Waals surface area contributed by atoms with E-state index in [4.69, 9.17) is 16.3 Å². The molecular formula is C19H20ClNO2S. The van der Waals surface area contributed by atoms with Gasteiger partial charge in [-0.3, -0.25) is 4.79 Å². The molecule has 1 unspecified atom stereocenters. The van der Waals surface area contributed by atoms with Gasteiger partial charge in [0.15, 0.2) is 0 Å². The van der Waals surface area contributed by atoms with Gasteiger partial charge >= 0.3 is 0 Å². The van der Waals surface area contributed by atoms with E-state index in [1.54, 1.807) is 11.8 Å². The quantitative estimate of drug-likeness (QED) is 0.751. The van der Waals surface area contributed by atoms with E-state index < -0.39 is 0 Å². The molecule has 2 aromatic rings. The number of hydrogen-bond donors (Lipinski definition) is 0. The number of hydrogen-bond acceptors (Lipinski definition) is 3. The fourth-order valence-electron chi connectivity index (χ4n) is 2.63. The number of nitrogens with zero attached hydrogens (tertiary/aromatic N) is 1. The minimum absolute atomic E-state index is 0.0852. The van der Waals surface area contributed by atoms with Crippen LogP contribution in [0.15, 0.2) is 53.4 Å². The van der Waals surface area contributed by atoms with Crippen molar-refractivity contribution in [2.45, 2.75) is 23.7 Å². The number of carbonyl (C=O) groups excluding carboxylic acids is 1. The van der Waals surface area contributed by atoms with Crippen molar-refractivity contribution in [3.63, 3.8) is 0 Å². The first kappa shape index (κ1) is 17.3. The van der Waals surface area contributed by atoms with Crippen molar-refractivity contribution in [2.75, 3.05) is 19.7 Å².